The van der Waals surface area contributed by atoms with Crippen LogP contribution in [0.1, 0.15) is 94.3 Å². The van der Waals surface area contributed by atoms with Gasteiger partial charge in [0.15, 0.2) is 17.4 Å². The Kier molecular flexibility index (Phi) is 15.6. The zero-order chi connectivity index (χ0) is 17.5. The zero-order valence-electron chi connectivity index (χ0n) is 15.1. The minimum atomic E-state index is -0.552. The Labute approximate surface area is 163 Å². The Hall–Kier alpha value is -1.11. The van der Waals surface area contributed by atoms with E-state index in [-0.39, 0.29) is 17.4 Å². The van der Waals surface area contributed by atoms with Crippen LogP contribution in [0.5, 0.6) is 0 Å². The number of carbonyl (C=O) groups is 2. The standard InChI is InChI=1S/C21H32O3.Al.3H/c1-2-3-4-5-6-7-8-9-10-11-15-18-20(22)24-21(23)19-16-13-12-14-17-19;;;;/h12-14,16-17H,2-11,15,18H2,1H3;;;;. The molecule has 0 spiro atoms. The smallest absolute Gasteiger partial charge is 0.345 e. The third-order valence-electron chi connectivity index (χ3n) is 4.20. The van der Waals surface area contributed by atoms with E-state index in [1.54, 1.807) is 24.3 Å². The molecule has 0 bridgehead atoms. The molecule has 0 radical (unpaired) electrons. The van der Waals surface area contributed by atoms with Gasteiger partial charge in [0.1, 0.15) is 0 Å². The maximum absolute atomic E-state index is 11.7. The first kappa shape index (κ1) is 23.9. The van der Waals surface area contributed by atoms with Crippen LogP contribution in [0.3, 0.4) is 0 Å². The van der Waals surface area contributed by atoms with Crippen molar-refractivity contribution in [3.8, 4) is 0 Å². The number of unbranched alkanes of at least 4 members (excludes halogenated alkanes) is 10. The third-order valence-corrected chi connectivity index (χ3v) is 4.20. The van der Waals surface area contributed by atoms with Crippen LogP contribution in [0.2, 0.25) is 0 Å². The molecule has 25 heavy (non-hydrogen) atoms. The molecular formula is C21H35AlO3. The highest BCUT2D eigenvalue weighted by atomic mass is 27.0. The van der Waals surface area contributed by atoms with E-state index in [1.165, 1.54) is 51.4 Å². The molecule has 0 atom stereocenters. The predicted octanol–water partition coefficient (Wildman–Crippen LogP) is 4.89. The fourth-order valence-corrected chi connectivity index (χ4v) is 2.72. The van der Waals surface area contributed by atoms with Crippen molar-refractivity contribution < 1.29 is 14.3 Å². The summed E-state index contributed by atoms with van der Waals surface area (Å²) < 4.78 is 4.85. The van der Waals surface area contributed by atoms with Crippen molar-refractivity contribution in [1.29, 1.82) is 0 Å². The number of ether oxygens (including phenoxy) is 1. The van der Waals surface area contributed by atoms with E-state index < -0.39 is 11.9 Å². The molecule has 0 saturated carbocycles. The van der Waals surface area contributed by atoms with Gasteiger partial charge in [-0.3, -0.25) is 4.79 Å². The molecule has 1 aromatic carbocycles. The number of benzene rings is 1. The first-order chi connectivity index (χ1) is 11.7. The second-order valence-electron chi connectivity index (χ2n) is 6.41. The molecule has 0 amide bonds. The van der Waals surface area contributed by atoms with E-state index in [1.807, 2.05) is 6.07 Å². The molecule has 0 aliphatic heterocycles. The van der Waals surface area contributed by atoms with E-state index in [0.717, 1.165) is 19.3 Å². The van der Waals surface area contributed by atoms with E-state index in [0.29, 0.717) is 12.0 Å². The number of esters is 2. The van der Waals surface area contributed by atoms with Gasteiger partial charge in [0.25, 0.3) is 0 Å². The van der Waals surface area contributed by atoms with Crippen molar-refractivity contribution in [3.63, 3.8) is 0 Å². The summed E-state index contributed by atoms with van der Waals surface area (Å²) in [5, 5.41) is 0. The van der Waals surface area contributed by atoms with Gasteiger partial charge in [-0.2, -0.15) is 0 Å². The number of hydrogen-bond donors (Lipinski definition) is 0. The number of carbonyl (C=O) groups excluding carboxylic acids is 2. The summed E-state index contributed by atoms with van der Waals surface area (Å²) in [5.74, 6) is -0.969. The van der Waals surface area contributed by atoms with Crippen molar-refractivity contribution in [1.82, 2.24) is 0 Å². The van der Waals surface area contributed by atoms with Crippen LogP contribution in [0.25, 0.3) is 0 Å². The molecule has 0 unspecified atom stereocenters. The normalized spacial score (nSPS) is 10.1. The van der Waals surface area contributed by atoms with Crippen LogP contribution in [-0.4, -0.2) is 29.3 Å². The summed E-state index contributed by atoms with van der Waals surface area (Å²) in [6.45, 7) is 2.24. The fourth-order valence-electron chi connectivity index (χ4n) is 2.72. The molecule has 0 aliphatic carbocycles. The Morgan fingerprint density at radius 2 is 1.24 bits per heavy atom. The van der Waals surface area contributed by atoms with Crippen LogP contribution in [-0.2, 0) is 9.53 Å². The van der Waals surface area contributed by atoms with Crippen molar-refractivity contribution in [2.75, 3.05) is 0 Å². The Morgan fingerprint density at radius 3 is 1.76 bits per heavy atom. The van der Waals surface area contributed by atoms with Crippen LogP contribution in [0, 0.1) is 0 Å². The summed E-state index contributed by atoms with van der Waals surface area (Å²) in [6, 6.07) is 8.63. The Balaban J connectivity index is 0.00000576. The van der Waals surface area contributed by atoms with Crippen molar-refractivity contribution in [2.45, 2.75) is 84.0 Å². The van der Waals surface area contributed by atoms with E-state index in [4.69, 9.17) is 4.74 Å². The largest absolute Gasteiger partial charge is 0.389 e. The van der Waals surface area contributed by atoms with Gasteiger partial charge in [-0.15, -0.1) is 0 Å². The monoisotopic (exact) mass is 362 g/mol. The first-order valence-corrected chi connectivity index (χ1v) is 9.54. The van der Waals surface area contributed by atoms with Gasteiger partial charge in [0, 0.05) is 6.42 Å². The predicted molar refractivity (Wildman–Crippen MR) is 108 cm³/mol. The van der Waals surface area contributed by atoms with Crippen LogP contribution >= 0.6 is 0 Å². The quantitative estimate of drug-likeness (QED) is 0.217. The van der Waals surface area contributed by atoms with E-state index in [9.17, 15) is 9.59 Å². The maximum atomic E-state index is 11.7. The number of hydrogen-bond acceptors (Lipinski definition) is 3. The zero-order valence-corrected chi connectivity index (χ0v) is 15.1. The van der Waals surface area contributed by atoms with Gasteiger partial charge < -0.3 is 4.74 Å². The molecule has 1 aromatic rings. The highest BCUT2D eigenvalue weighted by molar-refractivity contribution is 5.96. The minimum absolute atomic E-state index is 0. The lowest BCUT2D eigenvalue weighted by Crippen LogP contribution is -2.12. The molecule has 3 nitrogen and oxygen atoms in total. The average molecular weight is 362 g/mol. The van der Waals surface area contributed by atoms with Crippen LogP contribution in [0.4, 0.5) is 0 Å². The molecular weight excluding hydrogens is 327 g/mol. The summed E-state index contributed by atoms with van der Waals surface area (Å²) in [4.78, 5) is 23.4. The molecule has 140 valence electrons. The summed E-state index contributed by atoms with van der Waals surface area (Å²) in [5.41, 5.74) is 0.421. The summed E-state index contributed by atoms with van der Waals surface area (Å²) >= 11 is 0. The molecule has 0 fully saturated rings. The molecule has 4 heteroatoms. The van der Waals surface area contributed by atoms with Crippen molar-refractivity contribution in [3.05, 3.63) is 35.9 Å². The van der Waals surface area contributed by atoms with Crippen molar-refractivity contribution in [2.24, 2.45) is 0 Å². The van der Waals surface area contributed by atoms with Gasteiger partial charge in [-0.05, 0) is 18.6 Å². The summed E-state index contributed by atoms with van der Waals surface area (Å²) in [7, 11) is 0. The maximum Gasteiger partial charge on any atom is 0.345 e. The Bertz CT molecular complexity index is 459. The second-order valence-corrected chi connectivity index (χ2v) is 6.41. The van der Waals surface area contributed by atoms with Gasteiger partial charge in [-0.25, -0.2) is 4.79 Å². The van der Waals surface area contributed by atoms with Crippen LogP contribution in [0.15, 0.2) is 30.3 Å². The van der Waals surface area contributed by atoms with Crippen molar-refractivity contribution >= 4 is 29.3 Å². The lowest BCUT2D eigenvalue weighted by molar-refractivity contribution is -0.138. The first-order valence-electron chi connectivity index (χ1n) is 9.54. The second kappa shape index (κ2) is 16.4. The average Bonchev–Trinajstić information content (AvgIpc) is 2.60. The molecule has 0 aliphatic rings. The van der Waals surface area contributed by atoms with E-state index >= 15 is 0 Å². The van der Waals surface area contributed by atoms with Gasteiger partial charge >= 0.3 is 11.9 Å². The lowest BCUT2D eigenvalue weighted by Gasteiger charge is -2.04. The molecule has 1 rings (SSSR count). The lowest BCUT2D eigenvalue weighted by atomic mass is 10.1. The van der Waals surface area contributed by atoms with Gasteiger partial charge in [0.05, 0.1) is 5.56 Å². The highest BCUT2D eigenvalue weighted by Crippen LogP contribution is 2.12. The molecule has 0 heterocycles. The highest BCUT2D eigenvalue weighted by Gasteiger charge is 2.11. The summed E-state index contributed by atoms with van der Waals surface area (Å²) in [6.07, 6.45) is 14.0. The molecule has 0 aromatic heterocycles. The number of rotatable bonds is 13. The molecule has 0 N–H and O–H groups in total. The fraction of sp³-hybridized carbons (Fsp3) is 0.619. The topological polar surface area (TPSA) is 43.4 Å². The van der Waals surface area contributed by atoms with Gasteiger partial charge in [0.2, 0.25) is 0 Å². The van der Waals surface area contributed by atoms with E-state index in [2.05, 4.69) is 6.92 Å². The Morgan fingerprint density at radius 1 is 0.760 bits per heavy atom. The minimum Gasteiger partial charge on any atom is -0.389 e. The van der Waals surface area contributed by atoms with Gasteiger partial charge in [-0.1, -0.05) is 89.3 Å². The molecule has 0 saturated heterocycles. The van der Waals surface area contributed by atoms with Crippen LogP contribution < -0.4 is 0 Å². The third kappa shape index (κ3) is 12.8. The SMILES string of the molecule is CCCCCCCCCCCCCC(=O)OC(=O)c1ccccc1.[AlH3].